The molecule has 0 saturated heterocycles. The van der Waals surface area contributed by atoms with Crippen LogP contribution in [-0.4, -0.2) is 13.7 Å². The van der Waals surface area contributed by atoms with Crippen LogP contribution in [0.25, 0.3) is 0 Å². The van der Waals surface area contributed by atoms with Crippen LogP contribution in [0.15, 0.2) is 35.9 Å². The molecule has 0 unspecified atom stereocenters. The topological polar surface area (TPSA) is 21.3 Å². The second-order valence-corrected chi connectivity index (χ2v) is 3.39. The molecule has 0 saturated carbocycles. The van der Waals surface area contributed by atoms with Gasteiger partial charge >= 0.3 is 0 Å². The van der Waals surface area contributed by atoms with Crippen molar-refractivity contribution < 1.29 is 4.74 Å². The van der Waals surface area contributed by atoms with Crippen LogP contribution < -0.4 is 10.1 Å². The van der Waals surface area contributed by atoms with Gasteiger partial charge in [-0.25, -0.2) is 0 Å². The highest BCUT2D eigenvalue weighted by Crippen LogP contribution is 2.16. The molecule has 14 heavy (non-hydrogen) atoms. The number of ether oxygens (including phenoxy) is 1. The molecule has 1 N–H and O–H groups in total. The molecule has 0 atom stereocenters. The van der Waals surface area contributed by atoms with E-state index in [-0.39, 0.29) is 0 Å². The molecule has 0 spiro atoms. The molecule has 0 aliphatic rings. The van der Waals surface area contributed by atoms with Gasteiger partial charge in [0.15, 0.2) is 0 Å². The van der Waals surface area contributed by atoms with E-state index in [1.165, 1.54) is 5.57 Å². The van der Waals surface area contributed by atoms with Gasteiger partial charge in [-0.05, 0) is 26.0 Å². The Labute approximate surface area is 85.6 Å². The minimum absolute atomic E-state index is 0.857. The fraction of sp³-hybridized carbons (Fsp3) is 0.333. The molecule has 1 aromatic rings. The number of hydrogen-bond acceptors (Lipinski definition) is 2. The van der Waals surface area contributed by atoms with E-state index < -0.39 is 0 Å². The number of nitrogens with one attached hydrogen (secondary N) is 1. The smallest absolute Gasteiger partial charge is 0.120 e. The second-order valence-electron chi connectivity index (χ2n) is 3.39. The molecule has 0 aliphatic carbocycles. The van der Waals surface area contributed by atoms with E-state index in [2.05, 4.69) is 25.2 Å². The molecule has 2 nitrogen and oxygen atoms in total. The lowest BCUT2D eigenvalue weighted by Crippen LogP contribution is -1.98. The highest BCUT2D eigenvalue weighted by molar-refractivity contribution is 5.48. The third kappa shape index (κ3) is 3.52. The minimum Gasteiger partial charge on any atom is -0.497 e. The van der Waals surface area contributed by atoms with Crippen molar-refractivity contribution in [2.75, 3.05) is 19.0 Å². The summed E-state index contributed by atoms with van der Waals surface area (Å²) in [5.74, 6) is 0.882. The SMILES string of the molecule is COc1cccc(NCC=C(C)C)c1. The zero-order valence-corrected chi connectivity index (χ0v) is 9.00. The zero-order valence-electron chi connectivity index (χ0n) is 9.00. The third-order valence-corrected chi connectivity index (χ3v) is 1.89. The van der Waals surface area contributed by atoms with Crippen molar-refractivity contribution in [3.8, 4) is 5.75 Å². The van der Waals surface area contributed by atoms with Crippen molar-refractivity contribution in [1.29, 1.82) is 0 Å². The third-order valence-electron chi connectivity index (χ3n) is 1.89. The monoisotopic (exact) mass is 191 g/mol. The van der Waals surface area contributed by atoms with E-state index in [1.807, 2.05) is 24.3 Å². The quantitative estimate of drug-likeness (QED) is 0.738. The van der Waals surface area contributed by atoms with Crippen molar-refractivity contribution in [1.82, 2.24) is 0 Å². The molecule has 0 bridgehead atoms. The van der Waals surface area contributed by atoms with Gasteiger partial charge in [0, 0.05) is 18.3 Å². The molecular formula is C12H17NO. The molecule has 2 heteroatoms. The summed E-state index contributed by atoms with van der Waals surface area (Å²) in [5.41, 5.74) is 2.40. The van der Waals surface area contributed by atoms with Gasteiger partial charge in [-0.1, -0.05) is 17.7 Å². The summed E-state index contributed by atoms with van der Waals surface area (Å²) in [7, 11) is 1.68. The Morgan fingerprint density at radius 3 is 2.86 bits per heavy atom. The first kappa shape index (κ1) is 10.6. The normalized spacial score (nSPS) is 9.36. The lowest BCUT2D eigenvalue weighted by atomic mass is 10.3. The molecule has 1 aromatic carbocycles. The number of rotatable bonds is 4. The first-order valence-electron chi connectivity index (χ1n) is 4.73. The molecule has 0 aliphatic heterocycles. The summed E-state index contributed by atoms with van der Waals surface area (Å²) in [6.45, 7) is 5.04. The Hall–Kier alpha value is -1.44. The molecule has 76 valence electrons. The average molecular weight is 191 g/mol. The standard InChI is InChI=1S/C12H17NO/c1-10(2)7-8-13-11-5-4-6-12(9-11)14-3/h4-7,9,13H,8H2,1-3H3. The van der Waals surface area contributed by atoms with Crippen molar-refractivity contribution >= 4 is 5.69 Å². The Morgan fingerprint density at radius 1 is 1.43 bits per heavy atom. The largest absolute Gasteiger partial charge is 0.497 e. The Balaban J connectivity index is 2.54. The van der Waals surface area contributed by atoms with Crippen LogP contribution in [0.4, 0.5) is 5.69 Å². The van der Waals surface area contributed by atoms with Gasteiger partial charge in [0.25, 0.3) is 0 Å². The summed E-state index contributed by atoms with van der Waals surface area (Å²) < 4.78 is 5.13. The van der Waals surface area contributed by atoms with Gasteiger partial charge < -0.3 is 10.1 Å². The summed E-state index contributed by atoms with van der Waals surface area (Å²) >= 11 is 0. The lowest BCUT2D eigenvalue weighted by molar-refractivity contribution is 0.415. The number of benzene rings is 1. The highest BCUT2D eigenvalue weighted by Gasteiger charge is 1.92. The minimum atomic E-state index is 0.857. The second kappa shape index (κ2) is 5.32. The van der Waals surface area contributed by atoms with E-state index in [0.717, 1.165) is 18.0 Å². The van der Waals surface area contributed by atoms with E-state index in [0.29, 0.717) is 0 Å². The maximum absolute atomic E-state index is 5.13. The van der Waals surface area contributed by atoms with E-state index in [1.54, 1.807) is 7.11 Å². The first-order chi connectivity index (χ1) is 6.72. The van der Waals surface area contributed by atoms with Crippen LogP contribution in [0.5, 0.6) is 5.75 Å². The Kier molecular flexibility index (Phi) is 4.05. The molecule has 0 heterocycles. The molecule has 0 aromatic heterocycles. The molecule has 0 fully saturated rings. The predicted octanol–water partition coefficient (Wildman–Crippen LogP) is 3.07. The van der Waals surface area contributed by atoms with E-state index in [4.69, 9.17) is 4.74 Å². The summed E-state index contributed by atoms with van der Waals surface area (Å²) in [6, 6.07) is 7.93. The Morgan fingerprint density at radius 2 is 2.21 bits per heavy atom. The van der Waals surface area contributed by atoms with Gasteiger partial charge in [0.2, 0.25) is 0 Å². The first-order valence-corrected chi connectivity index (χ1v) is 4.73. The predicted molar refractivity (Wildman–Crippen MR) is 60.9 cm³/mol. The average Bonchev–Trinajstić information content (AvgIpc) is 2.18. The van der Waals surface area contributed by atoms with Crippen molar-refractivity contribution in [2.45, 2.75) is 13.8 Å². The van der Waals surface area contributed by atoms with Gasteiger partial charge in [-0.2, -0.15) is 0 Å². The maximum atomic E-state index is 5.13. The van der Waals surface area contributed by atoms with Gasteiger partial charge in [0.05, 0.1) is 7.11 Å². The summed E-state index contributed by atoms with van der Waals surface area (Å²) in [4.78, 5) is 0. The van der Waals surface area contributed by atoms with Gasteiger partial charge in [0.1, 0.15) is 5.75 Å². The van der Waals surface area contributed by atoms with Crippen molar-refractivity contribution in [3.05, 3.63) is 35.9 Å². The van der Waals surface area contributed by atoms with Crippen molar-refractivity contribution in [2.24, 2.45) is 0 Å². The molecule has 0 amide bonds. The van der Waals surface area contributed by atoms with Crippen LogP contribution >= 0.6 is 0 Å². The molecule has 0 radical (unpaired) electrons. The van der Waals surface area contributed by atoms with E-state index in [9.17, 15) is 0 Å². The number of hydrogen-bond donors (Lipinski definition) is 1. The fourth-order valence-corrected chi connectivity index (χ4v) is 1.11. The maximum Gasteiger partial charge on any atom is 0.120 e. The summed E-state index contributed by atoms with van der Waals surface area (Å²) in [5, 5.41) is 3.29. The number of allylic oxidation sites excluding steroid dienone is 1. The van der Waals surface area contributed by atoms with Gasteiger partial charge in [-0.3, -0.25) is 0 Å². The number of anilines is 1. The molecular weight excluding hydrogens is 174 g/mol. The van der Waals surface area contributed by atoms with Crippen LogP contribution in [0.1, 0.15) is 13.8 Å². The number of methoxy groups -OCH3 is 1. The fourth-order valence-electron chi connectivity index (χ4n) is 1.11. The van der Waals surface area contributed by atoms with Crippen LogP contribution in [0.2, 0.25) is 0 Å². The molecule has 1 rings (SSSR count). The van der Waals surface area contributed by atoms with Crippen LogP contribution in [0, 0.1) is 0 Å². The summed E-state index contributed by atoms with van der Waals surface area (Å²) in [6.07, 6.45) is 2.15. The van der Waals surface area contributed by atoms with Crippen LogP contribution in [-0.2, 0) is 0 Å². The van der Waals surface area contributed by atoms with E-state index >= 15 is 0 Å². The van der Waals surface area contributed by atoms with Gasteiger partial charge in [-0.15, -0.1) is 0 Å². The lowest BCUT2D eigenvalue weighted by Gasteiger charge is -2.05. The highest BCUT2D eigenvalue weighted by atomic mass is 16.5. The zero-order chi connectivity index (χ0) is 10.4. The Bertz CT molecular complexity index is 314. The van der Waals surface area contributed by atoms with Crippen molar-refractivity contribution in [3.63, 3.8) is 0 Å². The van der Waals surface area contributed by atoms with Crippen LogP contribution in [0.3, 0.4) is 0 Å².